The van der Waals surface area contributed by atoms with Crippen LogP contribution in [0.15, 0.2) is 24.3 Å². The third kappa shape index (κ3) is 3.22. The second-order valence-electron chi connectivity index (χ2n) is 4.56. The van der Waals surface area contributed by atoms with Crippen LogP contribution in [0.25, 0.3) is 11.3 Å². The van der Waals surface area contributed by atoms with Crippen LogP contribution in [0.5, 0.6) is 5.75 Å². The Morgan fingerprint density at radius 2 is 2.05 bits per heavy atom. The Hall–Kier alpha value is -2.34. The number of nitrogen functional groups attached to an aromatic ring is 1. The first-order valence-electron chi connectivity index (χ1n) is 6.74. The summed E-state index contributed by atoms with van der Waals surface area (Å²) in [6.45, 7) is 2.93. The van der Waals surface area contributed by atoms with E-state index in [-0.39, 0.29) is 6.73 Å². The zero-order chi connectivity index (χ0) is 15.2. The number of aromatic nitrogens is 2. The highest BCUT2D eigenvalue weighted by molar-refractivity contribution is 5.91. The number of carbonyl (C=O) groups excluding carboxylic acids is 1. The quantitative estimate of drug-likeness (QED) is 0.791. The fourth-order valence-electron chi connectivity index (χ4n) is 1.97. The maximum Gasteiger partial charge on any atom is 0.156 e. The Balaban J connectivity index is 2.32. The molecule has 2 aromatic rings. The number of methoxy groups -OCH3 is 1. The van der Waals surface area contributed by atoms with Crippen LogP contribution in [-0.2, 0) is 11.5 Å². The number of benzene rings is 1. The van der Waals surface area contributed by atoms with Crippen molar-refractivity contribution in [3.63, 3.8) is 0 Å². The molecule has 1 aromatic heterocycles. The summed E-state index contributed by atoms with van der Waals surface area (Å²) in [5.41, 5.74) is 7.62. The van der Waals surface area contributed by atoms with Crippen molar-refractivity contribution in [2.75, 3.05) is 19.5 Å². The number of ether oxygens (including phenoxy) is 2. The van der Waals surface area contributed by atoms with Crippen molar-refractivity contribution in [3.05, 3.63) is 29.8 Å². The standard InChI is InChI=1S/C15H19N3O3/c1-3-8-21-12-6-4-11(5-7-12)14-13(9-19)15(16)18(17-14)10-20-2/h4-7,9H,3,8,10,16H2,1-2H3. The summed E-state index contributed by atoms with van der Waals surface area (Å²) in [6, 6.07) is 7.42. The topological polar surface area (TPSA) is 79.4 Å². The summed E-state index contributed by atoms with van der Waals surface area (Å²) >= 11 is 0. The molecule has 0 spiro atoms. The predicted octanol–water partition coefficient (Wildman–Crippen LogP) is 2.34. The smallest absolute Gasteiger partial charge is 0.156 e. The van der Waals surface area contributed by atoms with Crippen LogP contribution in [0.4, 0.5) is 5.82 Å². The molecule has 0 unspecified atom stereocenters. The molecule has 6 heteroatoms. The third-order valence-electron chi connectivity index (χ3n) is 3.00. The van der Waals surface area contributed by atoms with E-state index in [0.29, 0.717) is 30.0 Å². The molecule has 1 heterocycles. The van der Waals surface area contributed by atoms with Gasteiger partial charge in [0.25, 0.3) is 0 Å². The Morgan fingerprint density at radius 3 is 2.62 bits per heavy atom. The molecule has 0 saturated carbocycles. The minimum absolute atomic E-state index is 0.199. The lowest BCUT2D eigenvalue weighted by molar-refractivity contribution is 0.112. The van der Waals surface area contributed by atoms with Gasteiger partial charge in [0.15, 0.2) is 6.29 Å². The second-order valence-corrected chi connectivity index (χ2v) is 4.56. The lowest BCUT2D eigenvalue weighted by atomic mass is 10.1. The van der Waals surface area contributed by atoms with Gasteiger partial charge in [0.05, 0.1) is 12.2 Å². The van der Waals surface area contributed by atoms with Gasteiger partial charge in [-0.3, -0.25) is 4.79 Å². The molecule has 0 bridgehead atoms. The van der Waals surface area contributed by atoms with Crippen molar-refractivity contribution in [2.24, 2.45) is 0 Å². The van der Waals surface area contributed by atoms with Crippen LogP contribution in [0, 0.1) is 0 Å². The minimum atomic E-state index is 0.199. The molecule has 0 atom stereocenters. The summed E-state index contributed by atoms with van der Waals surface area (Å²) in [5, 5.41) is 4.33. The van der Waals surface area contributed by atoms with E-state index in [9.17, 15) is 4.79 Å². The highest BCUT2D eigenvalue weighted by Gasteiger charge is 2.16. The van der Waals surface area contributed by atoms with Gasteiger partial charge < -0.3 is 15.2 Å². The lowest BCUT2D eigenvalue weighted by Crippen LogP contribution is -2.06. The summed E-state index contributed by atoms with van der Waals surface area (Å²) in [6.07, 6.45) is 1.67. The zero-order valence-electron chi connectivity index (χ0n) is 12.2. The van der Waals surface area contributed by atoms with Crippen molar-refractivity contribution in [2.45, 2.75) is 20.1 Å². The van der Waals surface area contributed by atoms with Crippen molar-refractivity contribution >= 4 is 12.1 Å². The molecule has 2 rings (SSSR count). The highest BCUT2D eigenvalue weighted by Crippen LogP contribution is 2.27. The van der Waals surface area contributed by atoms with Crippen molar-refractivity contribution in [1.82, 2.24) is 9.78 Å². The molecule has 0 aliphatic rings. The molecule has 0 aliphatic carbocycles. The van der Waals surface area contributed by atoms with Crippen molar-refractivity contribution in [1.29, 1.82) is 0 Å². The average Bonchev–Trinajstić information content (AvgIpc) is 2.82. The van der Waals surface area contributed by atoms with Crippen LogP contribution in [0.1, 0.15) is 23.7 Å². The van der Waals surface area contributed by atoms with E-state index in [1.54, 1.807) is 7.11 Å². The van der Waals surface area contributed by atoms with E-state index >= 15 is 0 Å². The molecule has 0 fully saturated rings. The summed E-state index contributed by atoms with van der Waals surface area (Å²) in [5.74, 6) is 1.09. The van der Waals surface area contributed by atoms with Gasteiger partial charge in [0.2, 0.25) is 0 Å². The Kier molecular flexibility index (Phi) is 4.94. The molecular formula is C15H19N3O3. The molecule has 0 radical (unpaired) electrons. The number of nitrogens with two attached hydrogens (primary N) is 1. The van der Waals surface area contributed by atoms with Crippen LogP contribution >= 0.6 is 0 Å². The zero-order valence-corrected chi connectivity index (χ0v) is 12.2. The number of aldehydes is 1. The molecule has 2 N–H and O–H groups in total. The van der Waals surface area contributed by atoms with Gasteiger partial charge in [-0.25, -0.2) is 4.68 Å². The largest absolute Gasteiger partial charge is 0.494 e. The van der Waals surface area contributed by atoms with Crippen molar-refractivity contribution < 1.29 is 14.3 Å². The Morgan fingerprint density at radius 1 is 1.33 bits per heavy atom. The van der Waals surface area contributed by atoms with Gasteiger partial charge in [-0.1, -0.05) is 6.92 Å². The molecule has 0 amide bonds. The van der Waals surface area contributed by atoms with E-state index < -0.39 is 0 Å². The summed E-state index contributed by atoms with van der Waals surface area (Å²) in [4.78, 5) is 11.2. The fraction of sp³-hybridized carbons (Fsp3) is 0.333. The van der Waals surface area contributed by atoms with Gasteiger partial charge in [0.1, 0.15) is 24.0 Å². The molecule has 1 aromatic carbocycles. The van der Waals surface area contributed by atoms with Gasteiger partial charge in [0, 0.05) is 12.7 Å². The van der Waals surface area contributed by atoms with Crippen LogP contribution in [0.3, 0.4) is 0 Å². The maximum atomic E-state index is 11.2. The monoisotopic (exact) mass is 289 g/mol. The SMILES string of the molecule is CCCOc1ccc(-c2nn(COC)c(N)c2C=O)cc1. The van der Waals surface area contributed by atoms with E-state index in [2.05, 4.69) is 12.0 Å². The second kappa shape index (κ2) is 6.90. The van der Waals surface area contributed by atoms with Crippen LogP contribution < -0.4 is 10.5 Å². The third-order valence-corrected chi connectivity index (χ3v) is 3.00. The van der Waals surface area contributed by atoms with Gasteiger partial charge >= 0.3 is 0 Å². The van der Waals surface area contributed by atoms with Gasteiger partial charge in [-0.15, -0.1) is 0 Å². The van der Waals surface area contributed by atoms with Gasteiger partial charge in [-0.05, 0) is 30.7 Å². The highest BCUT2D eigenvalue weighted by atomic mass is 16.5. The first-order valence-corrected chi connectivity index (χ1v) is 6.74. The molecule has 0 aliphatic heterocycles. The maximum absolute atomic E-state index is 11.2. The first kappa shape index (κ1) is 15.1. The van der Waals surface area contributed by atoms with E-state index in [1.165, 1.54) is 4.68 Å². The van der Waals surface area contributed by atoms with E-state index in [0.717, 1.165) is 17.7 Å². The number of carbonyl (C=O) groups is 1. The van der Waals surface area contributed by atoms with Crippen LogP contribution in [-0.4, -0.2) is 29.8 Å². The normalized spacial score (nSPS) is 10.6. The summed E-state index contributed by atoms with van der Waals surface area (Å²) in [7, 11) is 1.54. The summed E-state index contributed by atoms with van der Waals surface area (Å²) < 4.78 is 12.0. The van der Waals surface area contributed by atoms with Gasteiger partial charge in [-0.2, -0.15) is 5.10 Å². The number of nitrogens with zero attached hydrogens (tertiary/aromatic N) is 2. The molecule has 112 valence electrons. The fourth-order valence-corrected chi connectivity index (χ4v) is 1.97. The van der Waals surface area contributed by atoms with Crippen molar-refractivity contribution in [3.8, 4) is 17.0 Å². The molecular weight excluding hydrogens is 270 g/mol. The van der Waals surface area contributed by atoms with E-state index in [4.69, 9.17) is 15.2 Å². The first-order chi connectivity index (χ1) is 10.2. The lowest BCUT2D eigenvalue weighted by Gasteiger charge is -2.05. The minimum Gasteiger partial charge on any atom is -0.494 e. The Labute approximate surface area is 123 Å². The predicted molar refractivity (Wildman–Crippen MR) is 80.3 cm³/mol. The van der Waals surface area contributed by atoms with Crippen LogP contribution in [0.2, 0.25) is 0 Å². The molecule has 21 heavy (non-hydrogen) atoms. The van der Waals surface area contributed by atoms with E-state index in [1.807, 2.05) is 24.3 Å². The molecule has 6 nitrogen and oxygen atoms in total. The molecule has 0 saturated heterocycles. The number of hydrogen-bond donors (Lipinski definition) is 1. The number of anilines is 1. The Bertz CT molecular complexity index is 605. The number of rotatable bonds is 7. The average molecular weight is 289 g/mol. The number of hydrogen-bond acceptors (Lipinski definition) is 5.